The molecule has 0 saturated carbocycles. The van der Waals surface area contributed by atoms with Crippen LogP contribution in [-0.4, -0.2) is 42.2 Å². The molecule has 0 aromatic rings. The normalized spacial score (nSPS) is 14.7. The molecule has 2 atom stereocenters. The number of azide groups is 1. The molecule has 2 N–H and O–H groups in total. The summed E-state index contributed by atoms with van der Waals surface area (Å²) in [7, 11) is 0. The summed E-state index contributed by atoms with van der Waals surface area (Å²) >= 11 is 0. The third kappa shape index (κ3) is 7.55. The van der Waals surface area contributed by atoms with Gasteiger partial charge in [-0.2, -0.15) is 0 Å². The maximum atomic E-state index is 8.87. The molecule has 0 aromatic carbocycles. The summed E-state index contributed by atoms with van der Waals surface area (Å²) in [4.78, 5) is 2.56. The fourth-order valence-corrected chi connectivity index (χ4v) is 0.669. The lowest BCUT2D eigenvalue weighted by atomic mass is 10.3. The number of hydrogen-bond donors (Lipinski definition) is 2. The van der Waals surface area contributed by atoms with Crippen LogP contribution >= 0.6 is 0 Å². The quantitative estimate of drug-likeness (QED) is 0.263. The predicted molar refractivity (Wildman–Crippen MR) is 47.1 cm³/mol. The van der Waals surface area contributed by atoms with E-state index in [2.05, 4.69) is 10.0 Å². The third-order valence-corrected chi connectivity index (χ3v) is 1.42. The Bertz CT molecular complexity index is 168. The predicted octanol–water partition coefficient (Wildman–Crippen LogP) is 0.445. The zero-order chi connectivity index (χ0) is 10.1. The molecule has 0 aliphatic carbocycles. The first-order valence-corrected chi connectivity index (χ1v) is 4.11. The van der Waals surface area contributed by atoms with Gasteiger partial charge in [0.2, 0.25) is 0 Å². The molecule has 0 saturated heterocycles. The first kappa shape index (κ1) is 12.2. The fraction of sp³-hybridized carbons (Fsp3) is 1.00. The first-order chi connectivity index (χ1) is 6.20. The van der Waals surface area contributed by atoms with E-state index in [1.165, 1.54) is 0 Å². The summed E-state index contributed by atoms with van der Waals surface area (Å²) in [6.07, 6.45) is 0.140. The Balaban J connectivity index is 3.43. The second-order valence-electron chi connectivity index (χ2n) is 2.75. The van der Waals surface area contributed by atoms with Gasteiger partial charge in [0, 0.05) is 11.5 Å². The summed E-state index contributed by atoms with van der Waals surface area (Å²) in [6.45, 7) is 2.03. The molecular formula is C7H15N3O3. The Morgan fingerprint density at radius 2 is 2.31 bits per heavy atom. The fourth-order valence-electron chi connectivity index (χ4n) is 0.669. The van der Waals surface area contributed by atoms with Gasteiger partial charge in [-0.15, -0.1) is 0 Å². The van der Waals surface area contributed by atoms with Gasteiger partial charge >= 0.3 is 0 Å². The molecule has 0 aromatic heterocycles. The van der Waals surface area contributed by atoms with Crippen molar-refractivity contribution < 1.29 is 14.9 Å². The van der Waals surface area contributed by atoms with Crippen LogP contribution < -0.4 is 0 Å². The standard InChI is InChI=1S/C7H15N3O3/c1-6(12)2-3-13-5-7(4-11)9-10-8/h6-7,11-12H,2-5H2,1H3/t6-,7+/m1/s1. The number of aliphatic hydroxyl groups is 2. The Labute approximate surface area is 76.8 Å². The molecule has 0 bridgehead atoms. The maximum Gasteiger partial charge on any atom is 0.0838 e. The van der Waals surface area contributed by atoms with E-state index in [9.17, 15) is 0 Å². The smallest absolute Gasteiger partial charge is 0.0838 e. The summed E-state index contributed by atoms with van der Waals surface area (Å²) < 4.78 is 5.07. The van der Waals surface area contributed by atoms with Crippen LogP contribution in [0.4, 0.5) is 0 Å². The van der Waals surface area contributed by atoms with Gasteiger partial charge in [0.15, 0.2) is 0 Å². The van der Waals surface area contributed by atoms with Crippen LogP contribution in [0.25, 0.3) is 10.4 Å². The monoisotopic (exact) mass is 189 g/mol. The second kappa shape index (κ2) is 7.82. The van der Waals surface area contributed by atoms with Crippen molar-refractivity contribution >= 4 is 0 Å². The average Bonchev–Trinajstić information content (AvgIpc) is 2.10. The Hall–Kier alpha value is -0.810. The number of rotatable bonds is 7. The zero-order valence-electron chi connectivity index (χ0n) is 7.63. The SMILES string of the molecule is C[C@@H](O)CCOC[C@H](CO)N=[N+]=[N-]. The molecule has 0 aliphatic heterocycles. The van der Waals surface area contributed by atoms with E-state index < -0.39 is 12.1 Å². The number of aliphatic hydroxyl groups excluding tert-OH is 2. The molecule has 0 fully saturated rings. The molecule has 0 heterocycles. The third-order valence-electron chi connectivity index (χ3n) is 1.42. The minimum Gasteiger partial charge on any atom is -0.396 e. The highest BCUT2D eigenvalue weighted by Crippen LogP contribution is 1.95. The minimum atomic E-state index is -0.529. The molecule has 0 aliphatic rings. The van der Waals surface area contributed by atoms with Crippen LogP contribution in [0.3, 0.4) is 0 Å². The van der Waals surface area contributed by atoms with E-state index in [-0.39, 0.29) is 13.2 Å². The Kier molecular flexibility index (Phi) is 7.33. The van der Waals surface area contributed by atoms with Crippen molar-refractivity contribution in [3.63, 3.8) is 0 Å². The van der Waals surface area contributed by atoms with Crippen molar-refractivity contribution in [2.45, 2.75) is 25.5 Å². The summed E-state index contributed by atoms with van der Waals surface area (Å²) in [6, 6.07) is -0.529. The van der Waals surface area contributed by atoms with Gasteiger partial charge in [0.05, 0.1) is 25.4 Å². The van der Waals surface area contributed by atoms with Crippen molar-refractivity contribution in [3.8, 4) is 0 Å². The maximum absolute atomic E-state index is 8.87. The first-order valence-electron chi connectivity index (χ1n) is 4.11. The molecule has 0 radical (unpaired) electrons. The van der Waals surface area contributed by atoms with Crippen LogP contribution in [0, 0.1) is 0 Å². The number of ether oxygens (including phenoxy) is 1. The topological polar surface area (TPSA) is 98.5 Å². The van der Waals surface area contributed by atoms with E-state index >= 15 is 0 Å². The summed E-state index contributed by atoms with van der Waals surface area (Å²) in [5, 5.41) is 20.8. The van der Waals surface area contributed by atoms with Gasteiger partial charge in [-0.3, -0.25) is 0 Å². The van der Waals surface area contributed by atoms with Crippen LogP contribution in [-0.2, 0) is 4.74 Å². The van der Waals surface area contributed by atoms with E-state index in [4.69, 9.17) is 20.5 Å². The van der Waals surface area contributed by atoms with E-state index in [1.807, 2.05) is 0 Å². The Morgan fingerprint density at radius 1 is 1.62 bits per heavy atom. The molecule has 0 spiro atoms. The van der Waals surface area contributed by atoms with Crippen LogP contribution in [0.1, 0.15) is 13.3 Å². The molecule has 6 nitrogen and oxygen atoms in total. The van der Waals surface area contributed by atoms with Crippen molar-refractivity contribution in [2.24, 2.45) is 5.11 Å². The highest BCUT2D eigenvalue weighted by molar-refractivity contribution is 4.64. The largest absolute Gasteiger partial charge is 0.396 e. The van der Waals surface area contributed by atoms with Gasteiger partial charge < -0.3 is 14.9 Å². The van der Waals surface area contributed by atoms with E-state index in [1.54, 1.807) is 6.92 Å². The van der Waals surface area contributed by atoms with Gasteiger partial charge in [-0.1, -0.05) is 5.11 Å². The van der Waals surface area contributed by atoms with Gasteiger partial charge in [0.25, 0.3) is 0 Å². The molecular weight excluding hydrogens is 174 g/mol. The minimum absolute atomic E-state index is 0.188. The molecule has 0 amide bonds. The average molecular weight is 189 g/mol. The molecule has 6 heteroatoms. The molecule has 76 valence electrons. The number of hydrogen-bond acceptors (Lipinski definition) is 4. The molecule has 13 heavy (non-hydrogen) atoms. The van der Waals surface area contributed by atoms with Crippen LogP contribution in [0.15, 0.2) is 5.11 Å². The highest BCUT2D eigenvalue weighted by Gasteiger charge is 2.04. The van der Waals surface area contributed by atoms with Gasteiger partial charge in [-0.25, -0.2) is 0 Å². The van der Waals surface area contributed by atoms with Crippen molar-refractivity contribution in [3.05, 3.63) is 10.4 Å². The van der Waals surface area contributed by atoms with Gasteiger partial charge in [0.1, 0.15) is 0 Å². The van der Waals surface area contributed by atoms with Gasteiger partial charge in [-0.05, 0) is 18.9 Å². The van der Waals surface area contributed by atoms with Crippen LogP contribution in [0.2, 0.25) is 0 Å². The second-order valence-corrected chi connectivity index (χ2v) is 2.75. The lowest BCUT2D eigenvalue weighted by Crippen LogP contribution is -2.18. The summed E-state index contributed by atoms with van der Waals surface area (Å²) in [5.74, 6) is 0. The van der Waals surface area contributed by atoms with Crippen molar-refractivity contribution in [1.82, 2.24) is 0 Å². The highest BCUT2D eigenvalue weighted by atomic mass is 16.5. The molecule has 0 unspecified atom stereocenters. The summed E-state index contributed by atoms with van der Waals surface area (Å²) in [5.41, 5.74) is 8.06. The van der Waals surface area contributed by atoms with Crippen LogP contribution in [0.5, 0.6) is 0 Å². The van der Waals surface area contributed by atoms with E-state index in [0.29, 0.717) is 13.0 Å². The van der Waals surface area contributed by atoms with Crippen molar-refractivity contribution in [2.75, 3.05) is 19.8 Å². The lowest BCUT2D eigenvalue weighted by molar-refractivity contribution is 0.0713. The lowest BCUT2D eigenvalue weighted by Gasteiger charge is -2.09. The number of nitrogens with zero attached hydrogens (tertiary/aromatic N) is 3. The molecule has 0 rings (SSSR count). The Morgan fingerprint density at radius 3 is 2.77 bits per heavy atom. The van der Waals surface area contributed by atoms with E-state index in [0.717, 1.165) is 0 Å². The van der Waals surface area contributed by atoms with Crippen molar-refractivity contribution in [1.29, 1.82) is 0 Å². The zero-order valence-corrected chi connectivity index (χ0v) is 7.63.